The Morgan fingerprint density at radius 2 is 1.87 bits per heavy atom. The van der Waals surface area contributed by atoms with E-state index in [1.807, 2.05) is 0 Å². The fourth-order valence-electron chi connectivity index (χ4n) is 2.00. The lowest BCUT2D eigenvalue weighted by Gasteiger charge is -2.12. The van der Waals surface area contributed by atoms with Crippen LogP contribution >= 0.6 is 0 Å². The van der Waals surface area contributed by atoms with Gasteiger partial charge in [0.05, 0.1) is 16.6 Å². The third-order valence-corrected chi connectivity index (χ3v) is 3.21. The maximum absolute atomic E-state index is 11.9. The number of unbranched alkanes of at least 4 members (excludes halogenated alkanes) is 3. The van der Waals surface area contributed by atoms with Crippen LogP contribution in [0.1, 0.15) is 25.7 Å². The van der Waals surface area contributed by atoms with Gasteiger partial charge in [-0.15, -0.1) is 0 Å². The van der Waals surface area contributed by atoms with Crippen LogP contribution in [0.15, 0.2) is 23.4 Å². The van der Waals surface area contributed by atoms with Crippen molar-refractivity contribution in [3.05, 3.63) is 43.7 Å². The van der Waals surface area contributed by atoms with Gasteiger partial charge < -0.3 is 10.4 Å². The number of hydrogen-bond acceptors (Lipinski definition) is 7. The summed E-state index contributed by atoms with van der Waals surface area (Å²) in [5.74, 6) is -1.94. The molecule has 2 N–H and O–H groups in total. The van der Waals surface area contributed by atoms with Gasteiger partial charge >= 0.3 is 0 Å². The van der Waals surface area contributed by atoms with Crippen LogP contribution in [0.25, 0.3) is 0 Å². The lowest BCUT2D eigenvalue weighted by atomic mass is 9.97. The van der Waals surface area contributed by atoms with Crippen molar-refractivity contribution in [2.75, 3.05) is 13.2 Å². The molecule has 0 aromatic rings. The van der Waals surface area contributed by atoms with E-state index in [1.165, 1.54) is 0 Å². The Morgan fingerprint density at radius 3 is 2.43 bits per heavy atom. The molecule has 0 bridgehead atoms. The molecule has 1 rings (SSSR count). The fraction of sp³-hybridized carbons (Fsp3) is 0.538. The third kappa shape index (κ3) is 5.25. The Kier molecular flexibility index (Phi) is 7.00. The molecule has 1 atom stereocenters. The van der Waals surface area contributed by atoms with E-state index in [0.717, 1.165) is 18.9 Å². The first-order valence-corrected chi connectivity index (χ1v) is 7.03. The molecule has 1 amide bonds. The molecule has 126 valence electrons. The quantitative estimate of drug-likeness (QED) is 0.261. The van der Waals surface area contributed by atoms with E-state index in [2.05, 4.69) is 5.32 Å². The van der Waals surface area contributed by atoms with Crippen LogP contribution in [0.5, 0.6) is 0 Å². The average Bonchev–Trinajstić information content (AvgIpc) is 2.50. The van der Waals surface area contributed by atoms with Crippen molar-refractivity contribution in [3.63, 3.8) is 0 Å². The van der Waals surface area contributed by atoms with E-state index < -0.39 is 38.8 Å². The van der Waals surface area contributed by atoms with E-state index in [4.69, 9.17) is 5.11 Å². The van der Waals surface area contributed by atoms with Gasteiger partial charge in [0.2, 0.25) is 5.78 Å². The van der Waals surface area contributed by atoms with Crippen LogP contribution in [0.3, 0.4) is 0 Å². The van der Waals surface area contributed by atoms with Crippen LogP contribution in [-0.4, -0.2) is 45.8 Å². The van der Waals surface area contributed by atoms with Crippen molar-refractivity contribution in [1.29, 1.82) is 0 Å². The van der Waals surface area contributed by atoms with E-state index in [0.29, 0.717) is 18.9 Å². The fourth-order valence-corrected chi connectivity index (χ4v) is 2.00. The van der Waals surface area contributed by atoms with E-state index in [-0.39, 0.29) is 13.2 Å². The first-order valence-electron chi connectivity index (χ1n) is 7.03. The maximum atomic E-state index is 11.9. The van der Waals surface area contributed by atoms with E-state index in [9.17, 15) is 29.8 Å². The Morgan fingerprint density at radius 1 is 1.22 bits per heavy atom. The van der Waals surface area contributed by atoms with Crippen molar-refractivity contribution in [1.82, 2.24) is 5.32 Å². The molecule has 10 nitrogen and oxygen atoms in total. The van der Waals surface area contributed by atoms with E-state index >= 15 is 0 Å². The number of Topliss-reactive ketones (excluding diaryl/α,β-unsaturated/α-hetero) is 1. The third-order valence-electron chi connectivity index (χ3n) is 3.21. The summed E-state index contributed by atoms with van der Waals surface area (Å²) in [6.45, 7) is 0.321. The van der Waals surface area contributed by atoms with Gasteiger partial charge in [-0.1, -0.05) is 12.8 Å². The Labute approximate surface area is 131 Å². The van der Waals surface area contributed by atoms with Gasteiger partial charge in [0.15, 0.2) is 0 Å². The van der Waals surface area contributed by atoms with Crippen LogP contribution in [-0.2, 0) is 9.59 Å². The molecular formula is C13H17N3O7. The molecule has 0 aromatic heterocycles. The van der Waals surface area contributed by atoms with Crippen molar-refractivity contribution in [2.45, 2.75) is 31.7 Å². The first-order chi connectivity index (χ1) is 10.9. The summed E-state index contributed by atoms with van der Waals surface area (Å²) in [6.07, 6.45) is 4.16. The first kappa shape index (κ1) is 18.4. The predicted molar refractivity (Wildman–Crippen MR) is 77.5 cm³/mol. The number of nitrogens with zero attached hydrogens (tertiary/aromatic N) is 2. The molecule has 0 saturated heterocycles. The molecule has 1 unspecified atom stereocenters. The van der Waals surface area contributed by atoms with Crippen molar-refractivity contribution in [2.24, 2.45) is 0 Å². The molecule has 0 aliphatic heterocycles. The van der Waals surface area contributed by atoms with Gasteiger partial charge in [-0.05, 0) is 12.8 Å². The number of nitro groups is 2. The summed E-state index contributed by atoms with van der Waals surface area (Å²) < 4.78 is 0. The Hall–Kier alpha value is -2.62. The number of rotatable bonds is 9. The molecule has 0 saturated carbocycles. The lowest BCUT2D eigenvalue weighted by molar-refractivity contribution is -0.497. The molecule has 1 aliphatic rings. The topological polar surface area (TPSA) is 153 Å². The van der Waals surface area contributed by atoms with Crippen molar-refractivity contribution >= 4 is 11.7 Å². The number of amides is 1. The average molecular weight is 327 g/mol. The number of aliphatic hydroxyl groups is 1. The predicted octanol–water partition coefficient (Wildman–Crippen LogP) is -0.0297. The molecule has 1 aliphatic carbocycles. The SMILES string of the molecule is O=C(NCCCCCCO)C1=CC([N+](=O)[O-])=CC([N+](=O)[O-])C1=O. The number of allylic oxidation sites excluding steroid dienone is 1. The number of carbonyl (C=O) groups excluding carboxylic acids is 2. The maximum Gasteiger partial charge on any atom is 0.300 e. The smallest absolute Gasteiger partial charge is 0.300 e. The number of hydrogen-bond donors (Lipinski definition) is 2. The van der Waals surface area contributed by atoms with Crippen LogP contribution in [0.4, 0.5) is 0 Å². The molecule has 23 heavy (non-hydrogen) atoms. The second kappa shape index (κ2) is 8.73. The van der Waals surface area contributed by atoms with Crippen LogP contribution in [0.2, 0.25) is 0 Å². The van der Waals surface area contributed by atoms with Gasteiger partial charge in [0, 0.05) is 24.2 Å². The largest absolute Gasteiger partial charge is 0.396 e. The lowest BCUT2D eigenvalue weighted by Crippen LogP contribution is -2.38. The van der Waals surface area contributed by atoms with E-state index in [1.54, 1.807) is 0 Å². The molecule has 0 heterocycles. The minimum atomic E-state index is -1.93. The van der Waals surface area contributed by atoms with Gasteiger partial charge in [-0.2, -0.15) is 0 Å². The Bertz CT molecular complexity index is 568. The van der Waals surface area contributed by atoms with Crippen LogP contribution < -0.4 is 5.32 Å². The monoisotopic (exact) mass is 327 g/mol. The number of nitrogens with one attached hydrogen (secondary N) is 1. The van der Waals surface area contributed by atoms with Gasteiger partial charge in [-0.25, -0.2) is 0 Å². The summed E-state index contributed by atoms with van der Waals surface area (Å²) in [5, 5.41) is 32.6. The summed E-state index contributed by atoms with van der Waals surface area (Å²) in [5.41, 5.74) is -1.24. The number of aliphatic hydroxyl groups excluding tert-OH is 1. The standard InChI is InChI=1S/C13H17N3O7/c17-6-4-2-1-3-5-14-13(19)10-7-9(15(20)21)8-11(12(10)18)16(22)23/h7-8,11,17H,1-6H2,(H,14,19). The second-order valence-electron chi connectivity index (χ2n) is 4.89. The molecule has 10 heteroatoms. The summed E-state index contributed by atoms with van der Waals surface area (Å²) in [7, 11) is 0. The van der Waals surface area contributed by atoms with Gasteiger partial charge in [0.1, 0.15) is 0 Å². The summed E-state index contributed by atoms with van der Waals surface area (Å²) in [6, 6.07) is -1.93. The van der Waals surface area contributed by atoms with Gasteiger partial charge in [-0.3, -0.25) is 29.8 Å². The molecular weight excluding hydrogens is 310 g/mol. The minimum absolute atomic E-state index is 0.0893. The summed E-state index contributed by atoms with van der Waals surface area (Å²) in [4.78, 5) is 43.5. The van der Waals surface area contributed by atoms with Crippen LogP contribution in [0, 0.1) is 20.2 Å². The Balaban J connectivity index is 2.70. The molecule has 0 fully saturated rings. The molecule has 0 aromatic carbocycles. The molecule has 0 spiro atoms. The zero-order chi connectivity index (χ0) is 17.4. The highest BCUT2D eigenvalue weighted by Gasteiger charge is 2.39. The van der Waals surface area contributed by atoms with Crippen molar-refractivity contribution < 1.29 is 24.5 Å². The highest BCUT2D eigenvalue weighted by Crippen LogP contribution is 2.17. The summed E-state index contributed by atoms with van der Waals surface area (Å²) >= 11 is 0. The zero-order valence-corrected chi connectivity index (χ0v) is 12.3. The van der Waals surface area contributed by atoms with Crippen molar-refractivity contribution in [3.8, 4) is 0 Å². The highest BCUT2D eigenvalue weighted by molar-refractivity contribution is 6.22. The normalized spacial score (nSPS) is 17.3. The highest BCUT2D eigenvalue weighted by atomic mass is 16.6. The minimum Gasteiger partial charge on any atom is -0.396 e. The zero-order valence-electron chi connectivity index (χ0n) is 12.3. The second-order valence-corrected chi connectivity index (χ2v) is 4.89. The molecule has 0 radical (unpaired) electrons. The van der Waals surface area contributed by atoms with Gasteiger partial charge in [0.25, 0.3) is 17.6 Å². The number of ketones is 1. The number of carbonyl (C=O) groups is 2.